The molecule has 1 atom stereocenters. The number of nitrogens with one attached hydrogen (secondary N) is 2. The Kier molecular flexibility index (Phi) is 7.18. The molecule has 0 saturated heterocycles. The first-order chi connectivity index (χ1) is 12.4. The van der Waals surface area contributed by atoms with Crippen LogP contribution in [0.2, 0.25) is 5.02 Å². The molecule has 3 N–H and O–H groups in total. The van der Waals surface area contributed by atoms with Gasteiger partial charge in [-0.2, -0.15) is 0 Å². The molecule has 1 unspecified atom stereocenters. The van der Waals surface area contributed by atoms with E-state index < -0.39 is 17.4 Å². The minimum Gasteiger partial charge on any atom is -0.388 e. The van der Waals surface area contributed by atoms with Crippen LogP contribution in [0.15, 0.2) is 54.6 Å². The minimum atomic E-state index is -1.10. The third-order valence-electron chi connectivity index (χ3n) is 4.03. The Balaban J connectivity index is 1.75. The molecule has 0 bridgehead atoms. The highest BCUT2D eigenvalue weighted by Gasteiger charge is 2.23. The van der Waals surface area contributed by atoms with Gasteiger partial charge in [0, 0.05) is 18.1 Å². The fourth-order valence-electron chi connectivity index (χ4n) is 2.40. The quantitative estimate of drug-likeness (QED) is 0.651. The van der Waals surface area contributed by atoms with Gasteiger partial charge in [-0.15, -0.1) is 0 Å². The number of hydrogen-bond acceptors (Lipinski definition) is 3. The van der Waals surface area contributed by atoms with Crippen LogP contribution in [0, 0.1) is 0 Å². The van der Waals surface area contributed by atoms with Gasteiger partial charge in [0.2, 0.25) is 0 Å². The van der Waals surface area contributed by atoms with Crippen LogP contribution in [0.3, 0.4) is 0 Å². The van der Waals surface area contributed by atoms with Gasteiger partial charge in [0.1, 0.15) is 0 Å². The van der Waals surface area contributed by atoms with Gasteiger partial charge in [-0.05, 0) is 37.0 Å². The molecule has 0 fully saturated rings. The number of halogens is 1. The van der Waals surface area contributed by atoms with E-state index in [9.17, 15) is 14.7 Å². The van der Waals surface area contributed by atoms with Crippen molar-refractivity contribution in [3.8, 4) is 0 Å². The normalized spacial score (nSPS) is 12.9. The predicted molar refractivity (Wildman–Crippen MR) is 102 cm³/mol. The first kappa shape index (κ1) is 19.9. The van der Waals surface area contributed by atoms with E-state index in [0.717, 1.165) is 11.1 Å². The first-order valence-electron chi connectivity index (χ1n) is 8.43. The Labute approximate surface area is 158 Å². The molecule has 5 nitrogen and oxygen atoms in total. The number of benzene rings is 2. The van der Waals surface area contributed by atoms with Gasteiger partial charge in [-0.3, -0.25) is 9.59 Å². The highest BCUT2D eigenvalue weighted by Crippen LogP contribution is 2.14. The molecule has 0 radical (unpaired) electrons. The summed E-state index contributed by atoms with van der Waals surface area (Å²) in [5, 5.41) is 15.9. The van der Waals surface area contributed by atoms with E-state index in [1.54, 1.807) is 31.2 Å². The van der Waals surface area contributed by atoms with E-state index in [1.165, 1.54) is 0 Å². The number of carbonyl (C=O) groups excluding carboxylic acids is 2. The van der Waals surface area contributed by atoms with Crippen LogP contribution in [-0.4, -0.2) is 29.1 Å². The summed E-state index contributed by atoms with van der Waals surface area (Å²) in [6, 6.07) is 16.9. The molecule has 2 amide bonds. The van der Waals surface area contributed by atoms with Gasteiger partial charge < -0.3 is 15.7 Å². The van der Waals surface area contributed by atoms with E-state index in [-0.39, 0.29) is 13.1 Å². The molecule has 0 aliphatic carbocycles. The largest absolute Gasteiger partial charge is 0.388 e. The molecule has 0 aliphatic rings. The molecule has 26 heavy (non-hydrogen) atoms. The van der Waals surface area contributed by atoms with Crippen LogP contribution in [0.1, 0.15) is 24.5 Å². The summed E-state index contributed by atoms with van der Waals surface area (Å²) in [6.45, 7) is 1.80. The molecule has 138 valence electrons. The highest BCUT2D eigenvalue weighted by atomic mass is 35.5. The lowest BCUT2D eigenvalue weighted by atomic mass is 9.97. The van der Waals surface area contributed by atoms with Crippen molar-refractivity contribution in [2.45, 2.75) is 31.9 Å². The SMILES string of the molecule is CC(O)(CCc1ccccc1)CNC(=O)C(=O)NCc1ccccc1Cl. The van der Waals surface area contributed by atoms with Gasteiger partial charge in [0.05, 0.1) is 5.60 Å². The van der Waals surface area contributed by atoms with E-state index in [2.05, 4.69) is 10.6 Å². The van der Waals surface area contributed by atoms with Crippen molar-refractivity contribution < 1.29 is 14.7 Å². The number of rotatable bonds is 7. The topological polar surface area (TPSA) is 78.4 Å². The summed E-state index contributed by atoms with van der Waals surface area (Å²) in [6.07, 6.45) is 1.15. The monoisotopic (exact) mass is 374 g/mol. The van der Waals surface area contributed by atoms with Gasteiger partial charge in [-0.25, -0.2) is 0 Å². The second-order valence-corrected chi connectivity index (χ2v) is 6.85. The lowest BCUT2D eigenvalue weighted by molar-refractivity contribution is -0.139. The number of amides is 2. The minimum absolute atomic E-state index is 0.00181. The Morgan fingerprint density at radius 3 is 2.31 bits per heavy atom. The zero-order valence-electron chi connectivity index (χ0n) is 14.7. The smallest absolute Gasteiger partial charge is 0.309 e. The summed E-state index contributed by atoms with van der Waals surface area (Å²) in [4.78, 5) is 23.8. The van der Waals surface area contributed by atoms with Crippen molar-refractivity contribution >= 4 is 23.4 Å². The van der Waals surface area contributed by atoms with E-state index in [4.69, 9.17) is 11.6 Å². The fraction of sp³-hybridized carbons (Fsp3) is 0.300. The van der Waals surface area contributed by atoms with E-state index in [1.807, 2.05) is 30.3 Å². The van der Waals surface area contributed by atoms with Crippen LogP contribution in [0.25, 0.3) is 0 Å². The summed E-state index contributed by atoms with van der Waals surface area (Å²) in [7, 11) is 0. The van der Waals surface area contributed by atoms with Crippen molar-refractivity contribution in [1.82, 2.24) is 10.6 Å². The average Bonchev–Trinajstić information content (AvgIpc) is 2.64. The van der Waals surface area contributed by atoms with Crippen molar-refractivity contribution in [3.63, 3.8) is 0 Å². The van der Waals surface area contributed by atoms with E-state index >= 15 is 0 Å². The second kappa shape index (κ2) is 9.36. The number of aliphatic hydroxyl groups is 1. The van der Waals surface area contributed by atoms with Crippen molar-refractivity contribution in [3.05, 3.63) is 70.7 Å². The van der Waals surface area contributed by atoms with Crippen LogP contribution < -0.4 is 10.6 Å². The molecule has 0 heterocycles. The number of aryl methyl sites for hydroxylation is 1. The predicted octanol–water partition coefficient (Wildman–Crippen LogP) is 2.46. The second-order valence-electron chi connectivity index (χ2n) is 6.44. The summed E-state index contributed by atoms with van der Waals surface area (Å²) >= 11 is 6.01. The third kappa shape index (κ3) is 6.50. The maximum absolute atomic E-state index is 11.9. The van der Waals surface area contributed by atoms with E-state index in [0.29, 0.717) is 17.9 Å². The molecule has 0 saturated carbocycles. The zero-order valence-corrected chi connectivity index (χ0v) is 15.4. The van der Waals surface area contributed by atoms with Gasteiger partial charge in [0.15, 0.2) is 0 Å². The van der Waals surface area contributed by atoms with Crippen LogP contribution >= 0.6 is 11.6 Å². The van der Waals surface area contributed by atoms with Crippen molar-refractivity contribution in [2.24, 2.45) is 0 Å². The molecule has 2 aromatic carbocycles. The van der Waals surface area contributed by atoms with Gasteiger partial charge in [0.25, 0.3) is 0 Å². The summed E-state index contributed by atoms with van der Waals surface area (Å²) in [5.41, 5.74) is 0.732. The lowest BCUT2D eigenvalue weighted by Crippen LogP contribution is -2.46. The maximum atomic E-state index is 11.9. The molecule has 2 rings (SSSR count). The van der Waals surface area contributed by atoms with Gasteiger partial charge in [-0.1, -0.05) is 60.1 Å². The van der Waals surface area contributed by atoms with Crippen molar-refractivity contribution in [2.75, 3.05) is 6.54 Å². The third-order valence-corrected chi connectivity index (χ3v) is 4.40. The molecule has 0 spiro atoms. The van der Waals surface area contributed by atoms with Crippen LogP contribution in [0.4, 0.5) is 0 Å². The Morgan fingerprint density at radius 1 is 1.00 bits per heavy atom. The molecule has 2 aromatic rings. The van der Waals surface area contributed by atoms with Crippen LogP contribution in [-0.2, 0) is 22.6 Å². The van der Waals surface area contributed by atoms with Crippen LogP contribution in [0.5, 0.6) is 0 Å². The Bertz CT molecular complexity index is 748. The summed E-state index contributed by atoms with van der Waals surface area (Å²) in [5.74, 6) is -1.54. The van der Waals surface area contributed by atoms with Gasteiger partial charge >= 0.3 is 11.8 Å². The molecule has 6 heteroatoms. The maximum Gasteiger partial charge on any atom is 0.309 e. The standard InChI is InChI=1S/C20H23ClN2O3/c1-20(26,12-11-15-7-3-2-4-8-15)14-23-19(25)18(24)22-13-16-9-5-6-10-17(16)21/h2-10,26H,11-14H2,1H3,(H,22,24)(H,23,25). The lowest BCUT2D eigenvalue weighted by Gasteiger charge is -2.23. The molecule has 0 aliphatic heterocycles. The average molecular weight is 375 g/mol. The zero-order chi connectivity index (χ0) is 19.0. The number of carbonyl (C=O) groups is 2. The first-order valence-corrected chi connectivity index (χ1v) is 8.81. The molecular formula is C20H23ClN2O3. The Hall–Kier alpha value is -2.37. The molecule has 0 aromatic heterocycles. The Morgan fingerprint density at radius 2 is 1.62 bits per heavy atom. The fourth-order valence-corrected chi connectivity index (χ4v) is 2.60. The number of hydrogen-bond donors (Lipinski definition) is 3. The summed E-state index contributed by atoms with van der Waals surface area (Å²) < 4.78 is 0. The van der Waals surface area contributed by atoms with Crippen molar-refractivity contribution in [1.29, 1.82) is 0 Å². The highest BCUT2D eigenvalue weighted by molar-refractivity contribution is 6.35. The molecular weight excluding hydrogens is 352 g/mol.